The fraction of sp³-hybridized carbons (Fsp3) is 0.600. The first-order valence-corrected chi connectivity index (χ1v) is 11.2. The molecule has 0 aromatic carbocycles. The molecule has 0 saturated heterocycles. The summed E-state index contributed by atoms with van der Waals surface area (Å²) >= 11 is 1.61. The van der Waals surface area contributed by atoms with Crippen molar-refractivity contribution in [1.82, 2.24) is 24.7 Å². The lowest BCUT2D eigenvalue weighted by atomic mass is 9.71. The highest BCUT2D eigenvalue weighted by Crippen LogP contribution is 2.48. The number of thiazole rings is 1. The smallest absolute Gasteiger partial charge is 0.262 e. The highest BCUT2D eigenvalue weighted by atomic mass is 32.1. The van der Waals surface area contributed by atoms with Crippen molar-refractivity contribution in [2.24, 2.45) is 0 Å². The number of aromatic nitrogens is 5. The number of aromatic amines is 1. The monoisotopic (exact) mass is 434 g/mol. The summed E-state index contributed by atoms with van der Waals surface area (Å²) in [6.45, 7) is 0. The number of anilines is 1. The van der Waals surface area contributed by atoms with E-state index in [0.717, 1.165) is 23.7 Å². The molecule has 3 aromatic heterocycles. The van der Waals surface area contributed by atoms with Crippen LogP contribution < -0.4 is 10.5 Å². The molecule has 2 aliphatic rings. The number of nitrogens with one attached hydrogen (secondary N) is 1. The van der Waals surface area contributed by atoms with Crippen LogP contribution in [-0.2, 0) is 0 Å². The van der Waals surface area contributed by atoms with Crippen molar-refractivity contribution in [2.45, 2.75) is 62.3 Å². The Hall–Kier alpha value is -2.36. The average molecular weight is 435 g/mol. The summed E-state index contributed by atoms with van der Waals surface area (Å²) in [5.41, 5.74) is 1.31. The lowest BCUT2D eigenvalue weighted by Gasteiger charge is -2.34. The summed E-state index contributed by atoms with van der Waals surface area (Å²) in [5, 5.41) is 7.79. The minimum atomic E-state index is -2.60. The van der Waals surface area contributed by atoms with Gasteiger partial charge in [-0.15, -0.1) is 11.3 Å². The van der Waals surface area contributed by atoms with Gasteiger partial charge in [0.1, 0.15) is 11.2 Å². The summed E-state index contributed by atoms with van der Waals surface area (Å²) < 4.78 is 28.8. The van der Waals surface area contributed by atoms with E-state index in [4.69, 9.17) is 9.97 Å². The van der Waals surface area contributed by atoms with E-state index >= 15 is 0 Å². The maximum atomic E-state index is 13.6. The molecule has 7 nitrogen and oxygen atoms in total. The molecule has 10 heteroatoms. The van der Waals surface area contributed by atoms with Crippen molar-refractivity contribution in [2.75, 3.05) is 19.0 Å². The molecule has 2 aliphatic carbocycles. The summed E-state index contributed by atoms with van der Waals surface area (Å²) in [6, 6.07) is -0.150. The zero-order valence-corrected chi connectivity index (χ0v) is 17.8. The summed E-state index contributed by atoms with van der Waals surface area (Å²) in [5.74, 6) is -1.64. The molecule has 3 heterocycles. The molecule has 1 N–H and O–H groups in total. The highest BCUT2D eigenvalue weighted by molar-refractivity contribution is 7.13. The van der Waals surface area contributed by atoms with Crippen LogP contribution in [0.25, 0.3) is 11.0 Å². The third-order valence-corrected chi connectivity index (χ3v) is 7.44. The highest BCUT2D eigenvalue weighted by Gasteiger charge is 2.39. The number of hydrogen-bond donors (Lipinski definition) is 1. The molecule has 5 rings (SSSR count). The van der Waals surface area contributed by atoms with Gasteiger partial charge >= 0.3 is 0 Å². The number of nitrogens with zero attached hydrogens (tertiary/aromatic N) is 5. The molecule has 1 unspecified atom stereocenters. The maximum Gasteiger partial charge on any atom is 0.262 e. The van der Waals surface area contributed by atoms with Crippen LogP contribution in [0.3, 0.4) is 0 Å². The third kappa shape index (κ3) is 3.30. The largest absolute Gasteiger partial charge is 0.354 e. The molecule has 2 fully saturated rings. The zero-order valence-electron chi connectivity index (χ0n) is 16.9. The second kappa shape index (κ2) is 7.11. The molecule has 0 spiro atoms. The van der Waals surface area contributed by atoms with E-state index in [2.05, 4.69) is 15.5 Å². The van der Waals surface area contributed by atoms with Crippen LogP contribution >= 0.6 is 11.3 Å². The van der Waals surface area contributed by atoms with Crippen LogP contribution in [0.4, 0.5) is 13.9 Å². The Morgan fingerprint density at radius 1 is 1.17 bits per heavy atom. The lowest BCUT2D eigenvalue weighted by Crippen LogP contribution is -2.28. The standard InChI is InChI=1S/C20H24F2N6OS/c1-27(2)19-24-15(10-30-19)12-3-4-13(12)16-25-17-14(18(29)26-16)9-23-28(17)11-5-7-20(21,22)8-6-11/h9-13H,3-8H2,1-2H3,(H,25,26,29)/t12?,13-/m0/s1. The van der Waals surface area contributed by atoms with Crippen molar-refractivity contribution in [3.05, 3.63) is 33.4 Å². The molecule has 2 atom stereocenters. The van der Waals surface area contributed by atoms with Crippen LogP contribution in [0.2, 0.25) is 0 Å². The topological polar surface area (TPSA) is 79.7 Å². The van der Waals surface area contributed by atoms with Gasteiger partial charge in [-0.1, -0.05) is 0 Å². The van der Waals surface area contributed by atoms with Crippen molar-refractivity contribution >= 4 is 27.5 Å². The van der Waals surface area contributed by atoms with E-state index < -0.39 is 5.92 Å². The molecule has 0 radical (unpaired) electrons. The van der Waals surface area contributed by atoms with Crippen molar-refractivity contribution in [3.63, 3.8) is 0 Å². The van der Waals surface area contributed by atoms with Crippen LogP contribution in [0.5, 0.6) is 0 Å². The van der Waals surface area contributed by atoms with Crippen LogP contribution in [0.15, 0.2) is 16.4 Å². The van der Waals surface area contributed by atoms with E-state index in [9.17, 15) is 13.6 Å². The van der Waals surface area contributed by atoms with E-state index in [1.54, 1.807) is 16.0 Å². The first kappa shape index (κ1) is 19.6. The van der Waals surface area contributed by atoms with E-state index in [1.807, 2.05) is 19.0 Å². The second-order valence-electron chi connectivity index (χ2n) is 8.60. The molecular formula is C20H24F2N6OS. The first-order chi connectivity index (χ1) is 14.3. The fourth-order valence-corrected chi connectivity index (χ4v) is 5.32. The number of hydrogen-bond acceptors (Lipinski definition) is 6. The summed E-state index contributed by atoms with van der Waals surface area (Å²) in [7, 11) is 3.94. The average Bonchev–Trinajstić information content (AvgIpc) is 3.29. The molecule has 3 aromatic rings. The Morgan fingerprint density at radius 2 is 1.90 bits per heavy atom. The molecule has 0 amide bonds. The van der Waals surface area contributed by atoms with E-state index in [-0.39, 0.29) is 36.3 Å². The second-order valence-corrected chi connectivity index (χ2v) is 9.44. The van der Waals surface area contributed by atoms with Gasteiger partial charge in [0.05, 0.1) is 17.9 Å². The van der Waals surface area contributed by atoms with E-state index in [0.29, 0.717) is 29.7 Å². The van der Waals surface area contributed by atoms with Crippen molar-refractivity contribution < 1.29 is 8.78 Å². The Labute approximate surface area is 176 Å². The number of H-pyrrole nitrogens is 1. The maximum absolute atomic E-state index is 13.6. The van der Waals surface area contributed by atoms with Gasteiger partial charge in [0, 0.05) is 44.2 Å². The molecular weight excluding hydrogens is 410 g/mol. The lowest BCUT2D eigenvalue weighted by molar-refractivity contribution is -0.0446. The molecule has 0 aliphatic heterocycles. The number of halogens is 2. The van der Waals surface area contributed by atoms with Gasteiger partial charge in [0.2, 0.25) is 5.92 Å². The Morgan fingerprint density at radius 3 is 2.53 bits per heavy atom. The Balaban J connectivity index is 1.46. The van der Waals surface area contributed by atoms with Gasteiger partial charge in [-0.05, 0) is 25.7 Å². The number of alkyl halides is 2. The predicted octanol–water partition coefficient (Wildman–Crippen LogP) is 4.05. The van der Waals surface area contributed by atoms with Gasteiger partial charge in [-0.25, -0.2) is 23.4 Å². The van der Waals surface area contributed by atoms with E-state index in [1.165, 1.54) is 6.20 Å². The fourth-order valence-electron chi connectivity index (χ4n) is 4.50. The van der Waals surface area contributed by atoms with Gasteiger partial charge in [0.25, 0.3) is 5.56 Å². The predicted molar refractivity (Wildman–Crippen MR) is 112 cm³/mol. The SMILES string of the molecule is CN(C)c1nc(C2CC[C@@H]2c2nc3c(cnn3C3CCC(F)(F)CC3)c(=O)[nH]2)cs1. The third-order valence-electron chi connectivity index (χ3n) is 6.41. The van der Waals surface area contributed by atoms with Crippen LogP contribution in [0.1, 0.15) is 67.9 Å². The number of fused-ring (bicyclic) bond motifs is 1. The quantitative estimate of drug-likeness (QED) is 0.670. The zero-order chi connectivity index (χ0) is 21.0. The van der Waals surface area contributed by atoms with Gasteiger partial charge in [-0.2, -0.15) is 5.10 Å². The summed E-state index contributed by atoms with van der Waals surface area (Å²) in [6.07, 6.45) is 3.80. The van der Waals surface area contributed by atoms with Crippen LogP contribution in [0, 0.1) is 0 Å². The minimum absolute atomic E-state index is 0.0956. The normalized spacial score (nSPS) is 24.1. The van der Waals surface area contributed by atoms with Gasteiger partial charge < -0.3 is 9.88 Å². The molecule has 2 saturated carbocycles. The molecule has 160 valence electrons. The molecule has 30 heavy (non-hydrogen) atoms. The Kier molecular flexibility index (Phi) is 4.64. The minimum Gasteiger partial charge on any atom is -0.354 e. The van der Waals surface area contributed by atoms with Gasteiger partial charge in [0.15, 0.2) is 10.8 Å². The number of rotatable bonds is 4. The van der Waals surface area contributed by atoms with Crippen molar-refractivity contribution in [1.29, 1.82) is 0 Å². The van der Waals surface area contributed by atoms with Crippen LogP contribution in [-0.4, -0.2) is 44.8 Å². The Bertz CT molecular complexity index is 1130. The first-order valence-electron chi connectivity index (χ1n) is 10.3. The summed E-state index contributed by atoms with van der Waals surface area (Å²) in [4.78, 5) is 27.1. The van der Waals surface area contributed by atoms with Gasteiger partial charge in [-0.3, -0.25) is 4.79 Å². The molecule has 0 bridgehead atoms. The van der Waals surface area contributed by atoms with Crippen molar-refractivity contribution in [3.8, 4) is 0 Å².